The minimum atomic E-state index is 0.0998. The van der Waals surface area contributed by atoms with Gasteiger partial charge in [-0.05, 0) is 18.1 Å². The van der Waals surface area contributed by atoms with Crippen LogP contribution in [0.4, 0.5) is 5.69 Å². The van der Waals surface area contributed by atoms with E-state index in [4.69, 9.17) is 23.2 Å². The minimum absolute atomic E-state index is 0.0998. The largest absolute Gasteiger partial charge is 0.312 e. The van der Waals surface area contributed by atoms with Crippen molar-refractivity contribution in [3.05, 3.63) is 22.4 Å². The number of hydrogen-bond donors (Lipinski definition) is 0. The standard InChI is InChI=1S/C10H9BrCl2N2O/c11-4-6-1-10(16)15(5-6)7-2-8(12)14-9(13)3-7/h2-3,6H,1,4-5H2. The molecular weight excluding hydrogens is 315 g/mol. The Labute approximate surface area is 112 Å². The molecule has 1 fully saturated rings. The number of amides is 1. The van der Waals surface area contributed by atoms with Gasteiger partial charge in [-0.2, -0.15) is 0 Å². The fourth-order valence-electron chi connectivity index (χ4n) is 1.74. The molecule has 16 heavy (non-hydrogen) atoms. The molecule has 1 aromatic heterocycles. The Bertz CT molecular complexity index is 407. The number of halogens is 3. The summed E-state index contributed by atoms with van der Waals surface area (Å²) in [5, 5.41) is 1.43. The SMILES string of the molecule is O=C1CC(CBr)CN1c1cc(Cl)nc(Cl)c1. The summed E-state index contributed by atoms with van der Waals surface area (Å²) in [6, 6.07) is 3.31. The molecule has 0 spiro atoms. The highest BCUT2D eigenvalue weighted by atomic mass is 79.9. The molecule has 2 rings (SSSR count). The van der Waals surface area contributed by atoms with Crippen LogP contribution in [-0.2, 0) is 4.79 Å². The molecule has 0 radical (unpaired) electrons. The summed E-state index contributed by atoms with van der Waals surface area (Å²) in [4.78, 5) is 17.3. The number of nitrogens with zero attached hydrogens (tertiary/aromatic N) is 2. The van der Waals surface area contributed by atoms with E-state index in [1.807, 2.05) is 0 Å². The molecule has 2 heterocycles. The van der Waals surface area contributed by atoms with Gasteiger partial charge < -0.3 is 4.90 Å². The summed E-state index contributed by atoms with van der Waals surface area (Å²) in [6.07, 6.45) is 0.558. The van der Waals surface area contributed by atoms with Gasteiger partial charge in [0.05, 0.1) is 0 Å². The van der Waals surface area contributed by atoms with Crippen molar-refractivity contribution in [3.8, 4) is 0 Å². The zero-order valence-electron chi connectivity index (χ0n) is 8.29. The second kappa shape index (κ2) is 4.90. The molecule has 1 saturated heterocycles. The van der Waals surface area contributed by atoms with Crippen molar-refractivity contribution in [2.75, 3.05) is 16.8 Å². The number of aromatic nitrogens is 1. The average Bonchev–Trinajstić information content (AvgIpc) is 2.58. The van der Waals surface area contributed by atoms with Crippen LogP contribution in [-0.4, -0.2) is 22.8 Å². The molecular formula is C10H9BrCl2N2O. The normalized spacial score (nSPS) is 20.6. The fourth-order valence-corrected chi connectivity index (χ4v) is 2.63. The fraction of sp³-hybridized carbons (Fsp3) is 0.400. The van der Waals surface area contributed by atoms with E-state index in [0.29, 0.717) is 29.2 Å². The summed E-state index contributed by atoms with van der Waals surface area (Å²) in [6.45, 7) is 0.695. The predicted molar refractivity (Wildman–Crippen MR) is 68.5 cm³/mol. The molecule has 1 unspecified atom stereocenters. The van der Waals surface area contributed by atoms with E-state index < -0.39 is 0 Å². The van der Waals surface area contributed by atoms with Gasteiger partial charge in [-0.1, -0.05) is 39.1 Å². The first-order valence-electron chi connectivity index (χ1n) is 4.79. The molecule has 6 heteroatoms. The second-order valence-electron chi connectivity index (χ2n) is 3.70. The maximum Gasteiger partial charge on any atom is 0.227 e. The molecule has 1 atom stereocenters. The molecule has 1 aromatic rings. The van der Waals surface area contributed by atoms with Crippen LogP contribution in [0, 0.1) is 5.92 Å². The van der Waals surface area contributed by atoms with Crippen LogP contribution in [0.1, 0.15) is 6.42 Å². The van der Waals surface area contributed by atoms with Crippen molar-refractivity contribution < 1.29 is 4.79 Å². The van der Waals surface area contributed by atoms with E-state index in [2.05, 4.69) is 20.9 Å². The van der Waals surface area contributed by atoms with Crippen LogP contribution >= 0.6 is 39.1 Å². The Hall–Kier alpha value is -0.320. The first kappa shape index (κ1) is 12.1. The van der Waals surface area contributed by atoms with E-state index in [1.54, 1.807) is 17.0 Å². The molecule has 0 bridgehead atoms. The Balaban J connectivity index is 2.27. The summed E-state index contributed by atoms with van der Waals surface area (Å²) in [5.74, 6) is 0.445. The maximum absolute atomic E-state index is 11.8. The quantitative estimate of drug-likeness (QED) is 0.619. The second-order valence-corrected chi connectivity index (χ2v) is 5.12. The van der Waals surface area contributed by atoms with Gasteiger partial charge in [-0.3, -0.25) is 4.79 Å². The molecule has 0 N–H and O–H groups in total. The minimum Gasteiger partial charge on any atom is -0.312 e. The van der Waals surface area contributed by atoms with Gasteiger partial charge in [-0.15, -0.1) is 0 Å². The van der Waals surface area contributed by atoms with Crippen LogP contribution < -0.4 is 4.90 Å². The lowest BCUT2D eigenvalue weighted by Crippen LogP contribution is -2.24. The van der Waals surface area contributed by atoms with Crippen LogP contribution in [0.15, 0.2) is 12.1 Å². The first-order chi connectivity index (χ1) is 7.60. The number of hydrogen-bond acceptors (Lipinski definition) is 2. The van der Waals surface area contributed by atoms with Crippen LogP contribution in [0.5, 0.6) is 0 Å². The van der Waals surface area contributed by atoms with Crippen LogP contribution in [0.3, 0.4) is 0 Å². The molecule has 0 aromatic carbocycles. The van der Waals surface area contributed by atoms with Crippen molar-refractivity contribution in [1.82, 2.24) is 4.98 Å². The first-order valence-corrected chi connectivity index (χ1v) is 6.67. The average molecular weight is 324 g/mol. The molecule has 1 aliphatic rings. The Kier molecular flexibility index (Phi) is 3.72. The van der Waals surface area contributed by atoms with Crippen molar-refractivity contribution >= 4 is 50.7 Å². The number of carbonyl (C=O) groups excluding carboxylic acids is 1. The van der Waals surface area contributed by atoms with Gasteiger partial charge in [0.25, 0.3) is 0 Å². The molecule has 1 amide bonds. The lowest BCUT2D eigenvalue weighted by atomic mass is 10.2. The predicted octanol–water partition coefficient (Wildman–Crippen LogP) is 3.14. The summed E-state index contributed by atoms with van der Waals surface area (Å²) in [5.41, 5.74) is 0.721. The molecule has 0 aliphatic carbocycles. The molecule has 0 saturated carbocycles. The van der Waals surface area contributed by atoms with Gasteiger partial charge in [0.1, 0.15) is 10.3 Å². The Morgan fingerprint density at radius 2 is 2.06 bits per heavy atom. The topological polar surface area (TPSA) is 33.2 Å². The van der Waals surface area contributed by atoms with Crippen molar-refractivity contribution in [3.63, 3.8) is 0 Å². The monoisotopic (exact) mass is 322 g/mol. The number of anilines is 1. The number of pyridine rings is 1. The van der Waals surface area contributed by atoms with Gasteiger partial charge >= 0.3 is 0 Å². The summed E-state index contributed by atoms with van der Waals surface area (Å²) in [7, 11) is 0. The summed E-state index contributed by atoms with van der Waals surface area (Å²) < 4.78 is 0. The van der Waals surface area contributed by atoms with Crippen LogP contribution in [0.25, 0.3) is 0 Å². The van der Waals surface area contributed by atoms with Crippen molar-refractivity contribution in [2.24, 2.45) is 5.92 Å². The zero-order chi connectivity index (χ0) is 11.7. The van der Waals surface area contributed by atoms with Gasteiger partial charge in [0.15, 0.2) is 0 Å². The van der Waals surface area contributed by atoms with E-state index in [1.165, 1.54) is 0 Å². The highest BCUT2D eigenvalue weighted by molar-refractivity contribution is 9.09. The van der Waals surface area contributed by atoms with Gasteiger partial charge in [-0.25, -0.2) is 4.98 Å². The van der Waals surface area contributed by atoms with Gasteiger partial charge in [0.2, 0.25) is 5.91 Å². The Morgan fingerprint density at radius 3 is 2.56 bits per heavy atom. The van der Waals surface area contributed by atoms with Crippen molar-refractivity contribution in [2.45, 2.75) is 6.42 Å². The molecule has 3 nitrogen and oxygen atoms in total. The number of rotatable bonds is 2. The highest BCUT2D eigenvalue weighted by Crippen LogP contribution is 2.29. The third kappa shape index (κ3) is 2.50. The third-order valence-electron chi connectivity index (χ3n) is 2.48. The van der Waals surface area contributed by atoms with E-state index in [9.17, 15) is 4.79 Å². The smallest absolute Gasteiger partial charge is 0.227 e. The number of alkyl halides is 1. The maximum atomic E-state index is 11.8. The zero-order valence-corrected chi connectivity index (χ0v) is 11.4. The van der Waals surface area contributed by atoms with Crippen LogP contribution in [0.2, 0.25) is 10.3 Å². The molecule has 86 valence electrons. The molecule has 1 aliphatic heterocycles. The van der Waals surface area contributed by atoms with E-state index in [-0.39, 0.29) is 5.91 Å². The number of carbonyl (C=O) groups is 1. The van der Waals surface area contributed by atoms with E-state index >= 15 is 0 Å². The highest BCUT2D eigenvalue weighted by Gasteiger charge is 2.30. The lowest BCUT2D eigenvalue weighted by molar-refractivity contribution is -0.117. The summed E-state index contributed by atoms with van der Waals surface area (Å²) >= 11 is 15.0. The lowest BCUT2D eigenvalue weighted by Gasteiger charge is -2.16. The van der Waals surface area contributed by atoms with Crippen molar-refractivity contribution in [1.29, 1.82) is 0 Å². The Morgan fingerprint density at radius 1 is 1.44 bits per heavy atom. The third-order valence-corrected chi connectivity index (χ3v) is 3.79. The van der Waals surface area contributed by atoms with Gasteiger partial charge in [0, 0.05) is 24.0 Å². The van der Waals surface area contributed by atoms with E-state index in [0.717, 1.165) is 11.0 Å².